The average molecular weight is 453 g/mol. The number of hydrogen-bond donors (Lipinski definition) is 1. The molecule has 2 aromatic rings. The highest BCUT2D eigenvalue weighted by Gasteiger charge is 2.44. The van der Waals surface area contributed by atoms with Gasteiger partial charge in [0, 0.05) is 5.57 Å². The van der Waals surface area contributed by atoms with E-state index in [1.54, 1.807) is 24.3 Å². The third kappa shape index (κ3) is 5.54. The Bertz CT molecular complexity index is 996. The molecule has 0 aliphatic carbocycles. The molecule has 0 radical (unpaired) electrons. The summed E-state index contributed by atoms with van der Waals surface area (Å²) >= 11 is 0. The minimum atomic E-state index is -0.737. The van der Waals surface area contributed by atoms with E-state index in [-0.39, 0.29) is 5.57 Å². The lowest BCUT2D eigenvalue weighted by Crippen LogP contribution is -3.06. The molecule has 0 bridgehead atoms. The molecule has 0 spiro atoms. The van der Waals surface area contributed by atoms with Crippen LogP contribution in [0.5, 0.6) is 11.5 Å². The van der Waals surface area contributed by atoms with Crippen molar-refractivity contribution in [3.8, 4) is 11.5 Å². The van der Waals surface area contributed by atoms with Crippen molar-refractivity contribution in [1.82, 2.24) is 4.90 Å². The summed E-state index contributed by atoms with van der Waals surface area (Å²) in [7, 11) is 3.96. The van der Waals surface area contributed by atoms with Crippen LogP contribution in [0.25, 0.3) is 5.76 Å². The van der Waals surface area contributed by atoms with Gasteiger partial charge in [0.05, 0.1) is 46.4 Å². The molecule has 1 heterocycles. The van der Waals surface area contributed by atoms with Gasteiger partial charge in [0.25, 0.3) is 5.91 Å². The Hall–Kier alpha value is -3.32. The van der Waals surface area contributed by atoms with Crippen LogP contribution in [0.15, 0.2) is 54.1 Å². The third-order valence-corrected chi connectivity index (χ3v) is 5.48. The number of nitrogens with one attached hydrogen (secondary N) is 1. The summed E-state index contributed by atoms with van der Waals surface area (Å²) in [4.78, 5) is 28.6. The van der Waals surface area contributed by atoms with Gasteiger partial charge in [-0.1, -0.05) is 36.9 Å². The van der Waals surface area contributed by atoms with Gasteiger partial charge in [-0.3, -0.25) is 9.59 Å². The first-order valence-corrected chi connectivity index (χ1v) is 11.4. The summed E-state index contributed by atoms with van der Waals surface area (Å²) in [5, 5.41) is 13.4. The largest absolute Gasteiger partial charge is 0.872 e. The number of carbonyl (C=O) groups is 2. The second-order valence-corrected chi connectivity index (χ2v) is 8.31. The van der Waals surface area contributed by atoms with Crippen LogP contribution in [0, 0.1) is 0 Å². The number of rotatable bonds is 10. The van der Waals surface area contributed by atoms with Crippen molar-refractivity contribution >= 4 is 17.4 Å². The van der Waals surface area contributed by atoms with Crippen LogP contribution in [0.2, 0.25) is 0 Å². The number of amides is 1. The second-order valence-electron chi connectivity index (χ2n) is 8.31. The van der Waals surface area contributed by atoms with Crippen molar-refractivity contribution in [2.24, 2.45) is 0 Å². The molecule has 7 heteroatoms. The Labute approximate surface area is 195 Å². The Kier molecular flexibility index (Phi) is 8.11. The van der Waals surface area contributed by atoms with E-state index in [9.17, 15) is 14.7 Å². The van der Waals surface area contributed by atoms with Gasteiger partial charge in [-0.05, 0) is 48.7 Å². The van der Waals surface area contributed by atoms with Crippen LogP contribution < -0.4 is 19.5 Å². The Morgan fingerprint density at radius 3 is 2.15 bits per heavy atom. The van der Waals surface area contributed by atoms with Crippen molar-refractivity contribution in [2.75, 3.05) is 40.4 Å². The predicted molar refractivity (Wildman–Crippen MR) is 124 cm³/mol. The van der Waals surface area contributed by atoms with Crippen LogP contribution in [0.3, 0.4) is 0 Å². The average Bonchev–Trinajstić information content (AvgIpc) is 3.06. The summed E-state index contributed by atoms with van der Waals surface area (Å²) in [6, 6.07) is 13.2. The number of likely N-dealkylation sites (N-methyl/N-ethyl adjacent to an activating group) is 1. The molecule has 1 fully saturated rings. The van der Waals surface area contributed by atoms with Gasteiger partial charge in [0.15, 0.2) is 0 Å². The number of hydrogen-bond acceptors (Lipinski definition) is 5. The van der Waals surface area contributed by atoms with Gasteiger partial charge in [0.2, 0.25) is 5.78 Å². The number of nitrogens with zero attached hydrogens (tertiary/aromatic N) is 1. The van der Waals surface area contributed by atoms with E-state index in [1.165, 1.54) is 4.90 Å². The van der Waals surface area contributed by atoms with Crippen molar-refractivity contribution < 1.29 is 29.1 Å². The maximum Gasteiger partial charge on any atom is 0.295 e. The van der Waals surface area contributed by atoms with Gasteiger partial charge in [-0.15, -0.1) is 0 Å². The molecule has 1 amide bonds. The number of Topliss-reactive ketones (excluding diaryl/α,β-unsaturated/α-hetero) is 1. The summed E-state index contributed by atoms with van der Waals surface area (Å²) in [6.45, 7) is 6.04. The normalized spacial score (nSPS) is 17.6. The fourth-order valence-electron chi connectivity index (χ4n) is 3.78. The monoisotopic (exact) mass is 452 g/mol. The van der Waals surface area contributed by atoms with E-state index in [0.717, 1.165) is 11.3 Å². The van der Waals surface area contributed by atoms with Gasteiger partial charge in [-0.2, -0.15) is 0 Å². The molecule has 1 aliphatic rings. The molecule has 7 nitrogen and oxygen atoms in total. The fraction of sp³-hybridized carbons (Fsp3) is 0.385. The number of likely N-dealkylation sites (tertiary alicyclic amines) is 1. The van der Waals surface area contributed by atoms with E-state index in [0.29, 0.717) is 48.9 Å². The molecule has 1 N–H and O–H groups in total. The van der Waals surface area contributed by atoms with Crippen molar-refractivity contribution in [3.05, 3.63) is 65.2 Å². The Morgan fingerprint density at radius 2 is 1.58 bits per heavy atom. The highest BCUT2D eigenvalue weighted by molar-refractivity contribution is 6.46. The quantitative estimate of drug-likeness (QED) is 0.333. The first-order valence-electron chi connectivity index (χ1n) is 11.4. The number of ketones is 1. The summed E-state index contributed by atoms with van der Waals surface area (Å²) in [5.41, 5.74) is 1.05. The predicted octanol–water partition coefficient (Wildman–Crippen LogP) is 1.24. The van der Waals surface area contributed by atoms with Crippen molar-refractivity contribution in [2.45, 2.75) is 26.3 Å². The molecule has 0 saturated carbocycles. The molecule has 0 aromatic heterocycles. The van der Waals surface area contributed by atoms with Crippen LogP contribution in [0.1, 0.15) is 37.4 Å². The SMILES string of the molecule is CCCOc1ccc(C2/C(=C(\[O-])c3ccc(OCC)cc3)C(=O)C(=O)N2CC[NH+](C)C)cc1. The molecule has 1 atom stereocenters. The number of ether oxygens (including phenoxy) is 2. The van der Waals surface area contributed by atoms with E-state index < -0.39 is 23.5 Å². The molecule has 1 saturated heterocycles. The molecule has 176 valence electrons. The molecule has 2 aromatic carbocycles. The smallest absolute Gasteiger partial charge is 0.295 e. The molecule has 1 unspecified atom stereocenters. The van der Waals surface area contributed by atoms with Gasteiger partial charge >= 0.3 is 0 Å². The van der Waals surface area contributed by atoms with E-state index in [4.69, 9.17) is 9.47 Å². The van der Waals surface area contributed by atoms with Crippen molar-refractivity contribution in [1.29, 1.82) is 0 Å². The summed E-state index contributed by atoms with van der Waals surface area (Å²) < 4.78 is 11.1. The Balaban J connectivity index is 2.04. The lowest BCUT2D eigenvalue weighted by molar-refractivity contribution is -0.857. The zero-order valence-corrected chi connectivity index (χ0v) is 19.7. The first kappa shape index (κ1) is 24.3. The molecule has 33 heavy (non-hydrogen) atoms. The molecule has 3 rings (SSSR count). The fourth-order valence-corrected chi connectivity index (χ4v) is 3.78. The van der Waals surface area contributed by atoms with Crippen molar-refractivity contribution in [3.63, 3.8) is 0 Å². The highest BCUT2D eigenvalue weighted by Crippen LogP contribution is 2.39. The zero-order chi connectivity index (χ0) is 24.0. The van der Waals surface area contributed by atoms with Gasteiger partial charge in [-0.25, -0.2) is 0 Å². The maximum absolute atomic E-state index is 13.4. The lowest BCUT2D eigenvalue weighted by Gasteiger charge is -2.28. The van der Waals surface area contributed by atoms with Crippen LogP contribution in [-0.4, -0.2) is 57.0 Å². The zero-order valence-electron chi connectivity index (χ0n) is 19.7. The first-order chi connectivity index (χ1) is 15.9. The summed E-state index contributed by atoms with van der Waals surface area (Å²) in [5.74, 6) is -0.462. The van der Waals surface area contributed by atoms with Crippen LogP contribution >= 0.6 is 0 Å². The number of benzene rings is 2. The molecule has 1 aliphatic heterocycles. The van der Waals surface area contributed by atoms with Crippen LogP contribution in [-0.2, 0) is 9.59 Å². The number of carbonyl (C=O) groups excluding carboxylic acids is 2. The van der Waals surface area contributed by atoms with Crippen LogP contribution in [0.4, 0.5) is 0 Å². The second kappa shape index (κ2) is 11.0. The summed E-state index contributed by atoms with van der Waals surface area (Å²) in [6.07, 6.45) is 0.891. The Morgan fingerprint density at radius 1 is 0.970 bits per heavy atom. The van der Waals surface area contributed by atoms with Gasteiger partial charge < -0.3 is 24.4 Å². The van der Waals surface area contributed by atoms with Gasteiger partial charge in [0.1, 0.15) is 11.5 Å². The number of quaternary nitrogens is 1. The maximum atomic E-state index is 13.4. The minimum Gasteiger partial charge on any atom is -0.872 e. The standard InChI is InChI=1S/C26H32N2O5/c1-5-17-33-21-11-7-18(8-12-21)23-22(25(30)26(31)28(23)16-15-27(3)4)24(29)19-9-13-20(14-10-19)32-6-2/h7-14,23,29H,5-6,15-17H2,1-4H3/b24-22+. The lowest BCUT2D eigenvalue weighted by atomic mass is 9.95. The molecular formula is C26H32N2O5. The third-order valence-electron chi connectivity index (χ3n) is 5.48. The highest BCUT2D eigenvalue weighted by atomic mass is 16.5. The molecular weight excluding hydrogens is 420 g/mol. The minimum absolute atomic E-state index is 0.0138. The topological polar surface area (TPSA) is 83.3 Å². The van der Waals surface area contributed by atoms with E-state index in [2.05, 4.69) is 0 Å². The van der Waals surface area contributed by atoms with E-state index >= 15 is 0 Å². The van der Waals surface area contributed by atoms with E-state index in [1.807, 2.05) is 52.2 Å².